The van der Waals surface area contributed by atoms with E-state index in [1.165, 1.54) is 12.1 Å². The minimum atomic E-state index is -4.39. The molecule has 2 rings (SSSR count). The van der Waals surface area contributed by atoms with Gasteiger partial charge in [-0.05, 0) is 43.7 Å². The fourth-order valence-electron chi connectivity index (χ4n) is 1.94. The Kier molecular flexibility index (Phi) is 5.38. The zero-order valence-corrected chi connectivity index (χ0v) is 13.2. The Morgan fingerprint density at radius 2 is 1.83 bits per heavy atom. The predicted molar refractivity (Wildman–Crippen MR) is 84.1 cm³/mol. The van der Waals surface area contributed by atoms with Crippen LogP contribution in [-0.2, 0) is 6.18 Å². The molecule has 0 saturated carbocycles. The summed E-state index contributed by atoms with van der Waals surface area (Å²) in [6, 6.07) is 6.04. The first kappa shape index (κ1) is 17.7. The van der Waals surface area contributed by atoms with E-state index in [1.807, 2.05) is 6.92 Å². The van der Waals surface area contributed by atoms with E-state index < -0.39 is 11.7 Å². The molecule has 0 saturated heterocycles. The Morgan fingerprint density at radius 3 is 2.42 bits per heavy atom. The molecule has 2 aromatic rings. The molecular weight excluding hydrogens is 321 g/mol. The van der Waals surface area contributed by atoms with Crippen LogP contribution in [0.15, 0.2) is 30.3 Å². The highest BCUT2D eigenvalue weighted by Gasteiger charge is 2.29. The molecule has 1 heterocycles. The van der Waals surface area contributed by atoms with Crippen LogP contribution in [0.5, 0.6) is 0 Å². The van der Waals surface area contributed by atoms with Crippen LogP contribution >= 0.6 is 0 Å². The normalized spacial score (nSPS) is 11.2. The molecule has 0 aliphatic carbocycles. The molecule has 0 spiro atoms. The highest BCUT2D eigenvalue weighted by atomic mass is 19.4. The highest BCUT2D eigenvalue weighted by molar-refractivity contribution is 5.92. The van der Waals surface area contributed by atoms with Crippen LogP contribution in [0.3, 0.4) is 0 Å². The molecule has 0 bridgehead atoms. The quantitative estimate of drug-likeness (QED) is 0.873. The molecule has 8 heteroatoms. The Balaban J connectivity index is 2.17. The second-order valence-corrected chi connectivity index (χ2v) is 5.17. The van der Waals surface area contributed by atoms with Gasteiger partial charge >= 0.3 is 6.18 Å². The minimum Gasteiger partial charge on any atom is -0.351 e. The average molecular weight is 338 g/mol. The van der Waals surface area contributed by atoms with E-state index in [0.717, 1.165) is 18.6 Å². The van der Waals surface area contributed by atoms with Crippen molar-refractivity contribution in [3.63, 3.8) is 0 Å². The third-order valence-electron chi connectivity index (χ3n) is 3.09. The fourth-order valence-corrected chi connectivity index (χ4v) is 1.94. The largest absolute Gasteiger partial charge is 0.416 e. The van der Waals surface area contributed by atoms with Gasteiger partial charge in [0.25, 0.3) is 5.91 Å². The van der Waals surface area contributed by atoms with Gasteiger partial charge in [-0.3, -0.25) is 4.79 Å². The summed E-state index contributed by atoms with van der Waals surface area (Å²) in [6.45, 7) is 4.17. The summed E-state index contributed by atoms with van der Waals surface area (Å²) in [4.78, 5) is 20.2. The lowest BCUT2D eigenvalue weighted by atomic mass is 10.2. The van der Waals surface area contributed by atoms with E-state index in [-0.39, 0.29) is 17.5 Å². The summed E-state index contributed by atoms with van der Waals surface area (Å²) in [7, 11) is 0. The molecule has 24 heavy (non-hydrogen) atoms. The number of halogens is 3. The number of aryl methyl sites for hydroxylation is 1. The Morgan fingerprint density at radius 1 is 1.17 bits per heavy atom. The van der Waals surface area contributed by atoms with Crippen LogP contribution in [0.2, 0.25) is 0 Å². The zero-order chi connectivity index (χ0) is 17.7. The SMILES string of the molecule is CCCNC(=O)c1cc(C)nc(Nc2ccc(C(F)(F)F)cc2)n1. The third-order valence-corrected chi connectivity index (χ3v) is 3.09. The Bertz CT molecular complexity index is 714. The maximum absolute atomic E-state index is 12.6. The molecule has 0 unspecified atom stereocenters. The molecule has 1 aromatic carbocycles. The van der Waals surface area contributed by atoms with E-state index in [4.69, 9.17) is 0 Å². The molecule has 2 N–H and O–H groups in total. The van der Waals surface area contributed by atoms with Gasteiger partial charge in [-0.15, -0.1) is 0 Å². The number of hydrogen-bond donors (Lipinski definition) is 2. The number of amides is 1. The van der Waals surface area contributed by atoms with Crippen molar-refractivity contribution < 1.29 is 18.0 Å². The smallest absolute Gasteiger partial charge is 0.351 e. The van der Waals surface area contributed by atoms with Crippen molar-refractivity contribution in [3.05, 3.63) is 47.3 Å². The topological polar surface area (TPSA) is 66.9 Å². The number of carbonyl (C=O) groups is 1. The number of aromatic nitrogens is 2. The second kappa shape index (κ2) is 7.29. The first-order chi connectivity index (χ1) is 11.3. The molecule has 0 aliphatic heterocycles. The van der Waals surface area contributed by atoms with E-state index in [9.17, 15) is 18.0 Å². The number of nitrogens with one attached hydrogen (secondary N) is 2. The van der Waals surface area contributed by atoms with Crippen molar-refractivity contribution in [3.8, 4) is 0 Å². The summed E-state index contributed by atoms with van der Waals surface area (Å²) in [5.74, 6) is -0.172. The molecule has 0 atom stereocenters. The lowest BCUT2D eigenvalue weighted by Crippen LogP contribution is -2.25. The predicted octanol–water partition coefficient (Wildman–Crippen LogP) is 3.69. The number of alkyl halides is 3. The lowest BCUT2D eigenvalue weighted by Gasteiger charge is -2.10. The van der Waals surface area contributed by atoms with Gasteiger partial charge < -0.3 is 10.6 Å². The molecule has 0 aliphatic rings. The third kappa shape index (κ3) is 4.68. The van der Waals surface area contributed by atoms with Gasteiger partial charge in [0.2, 0.25) is 5.95 Å². The first-order valence-corrected chi connectivity index (χ1v) is 7.37. The molecule has 5 nitrogen and oxygen atoms in total. The first-order valence-electron chi connectivity index (χ1n) is 7.37. The summed E-state index contributed by atoms with van der Waals surface area (Å²) < 4.78 is 37.7. The van der Waals surface area contributed by atoms with Gasteiger partial charge in [-0.2, -0.15) is 13.2 Å². The van der Waals surface area contributed by atoms with E-state index in [1.54, 1.807) is 13.0 Å². The number of hydrogen-bond acceptors (Lipinski definition) is 4. The van der Waals surface area contributed by atoms with Crippen molar-refractivity contribution in [1.82, 2.24) is 15.3 Å². The van der Waals surface area contributed by atoms with Gasteiger partial charge in [0, 0.05) is 17.9 Å². The van der Waals surface area contributed by atoms with Crippen molar-refractivity contribution >= 4 is 17.5 Å². The molecule has 1 aromatic heterocycles. The molecule has 0 fully saturated rings. The molecule has 128 valence electrons. The number of carbonyl (C=O) groups excluding carboxylic acids is 1. The maximum Gasteiger partial charge on any atom is 0.416 e. The van der Waals surface area contributed by atoms with Crippen LogP contribution in [0.4, 0.5) is 24.8 Å². The van der Waals surface area contributed by atoms with E-state index >= 15 is 0 Å². The van der Waals surface area contributed by atoms with E-state index in [0.29, 0.717) is 17.9 Å². The highest BCUT2D eigenvalue weighted by Crippen LogP contribution is 2.30. The minimum absolute atomic E-state index is 0.149. The number of anilines is 2. The zero-order valence-electron chi connectivity index (χ0n) is 13.2. The van der Waals surface area contributed by atoms with Crippen LogP contribution < -0.4 is 10.6 Å². The number of benzene rings is 1. The summed E-state index contributed by atoms with van der Waals surface area (Å²) in [6.07, 6.45) is -3.59. The van der Waals surface area contributed by atoms with Gasteiger partial charge in [-0.1, -0.05) is 6.92 Å². The van der Waals surface area contributed by atoms with Gasteiger partial charge in [0.05, 0.1) is 5.56 Å². The number of nitrogens with zero attached hydrogens (tertiary/aromatic N) is 2. The monoisotopic (exact) mass is 338 g/mol. The van der Waals surface area contributed by atoms with Crippen LogP contribution in [-0.4, -0.2) is 22.4 Å². The van der Waals surface area contributed by atoms with Crippen molar-refractivity contribution in [2.75, 3.05) is 11.9 Å². The summed E-state index contributed by atoms with van der Waals surface area (Å²) >= 11 is 0. The standard InChI is InChI=1S/C16H17F3N4O/c1-3-8-20-14(24)13-9-10(2)21-15(23-13)22-12-6-4-11(5-7-12)16(17,18)19/h4-7,9H,3,8H2,1-2H3,(H,20,24)(H,21,22,23). The lowest BCUT2D eigenvalue weighted by molar-refractivity contribution is -0.137. The average Bonchev–Trinajstić information content (AvgIpc) is 2.51. The number of rotatable bonds is 5. The van der Waals surface area contributed by atoms with Crippen molar-refractivity contribution in [2.45, 2.75) is 26.4 Å². The summed E-state index contributed by atoms with van der Waals surface area (Å²) in [5, 5.41) is 5.51. The second-order valence-electron chi connectivity index (χ2n) is 5.17. The van der Waals surface area contributed by atoms with Gasteiger partial charge in [0.15, 0.2) is 0 Å². The van der Waals surface area contributed by atoms with Crippen molar-refractivity contribution in [2.24, 2.45) is 0 Å². The Hall–Kier alpha value is -2.64. The van der Waals surface area contributed by atoms with Gasteiger partial charge in [-0.25, -0.2) is 9.97 Å². The molecule has 1 amide bonds. The molecule has 0 radical (unpaired) electrons. The maximum atomic E-state index is 12.6. The van der Waals surface area contributed by atoms with Crippen LogP contribution in [0.1, 0.15) is 35.1 Å². The van der Waals surface area contributed by atoms with Gasteiger partial charge in [0.1, 0.15) is 5.69 Å². The van der Waals surface area contributed by atoms with Crippen molar-refractivity contribution in [1.29, 1.82) is 0 Å². The summed E-state index contributed by atoms with van der Waals surface area (Å²) in [5.41, 5.74) is 0.429. The van der Waals surface area contributed by atoms with Crippen LogP contribution in [0, 0.1) is 6.92 Å². The van der Waals surface area contributed by atoms with Crippen LogP contribution in [0.25, 0.3) is 0 Å². The Labute approximate surface area is 137 Å². The van der Waals surface area contributed by atoms with E-state index in [2.05, 4.69) is 20.6 Å². The molecular formula is C16H17F3N4O. The fraction of sp³-hybridized carbons (Fsp3) is 0.312.